The fourth-order valence-electron chi connectivity index (χ4n) is 1.92. The van der Waals surface area contributed by atoms with Crippen LogP contribution in [0.1, 0.15) is 16.8 Å². The van der Waals surface area contributed by atoms with E-state index in [-0.39, 0.29) is 12.5 Å². The zero-order valence-electron chi connectivity index (χ0n) is 12.2. The van der Waals surface area contributed by atoms with Crippen molar-refractivity contribution in [2.75, 3.05) is 18.9 Å². The van der Waals surface area contributed by atoms with Crippen LogP contribution in [0.4, 0.5) is 5.69 Å². The zero-order chi connectivity index (χ0) is 15.4. The Bertz CT molecular complexity index is 644. The SMILES string of the molecule is Cc1cccc(NC(=O)CN(C)Cc2nnsc2Cl)c1C. The number of aryl methyl sites for hydroxylation is 1. The van der Waals surface area contributed by atoms with Crippen molar-refractivity contribution in [3.8, 4) is 0 Å². The largest absolute Gasteiger partial charge is 0.325 e. The van der Waals surface area contributed by atoms with Gasteiger partial charge in [-0.15, -0.1) is 5.10 Å². The molecule has 0 fully saturated rings. The Morgan fingerprint density at radius 3 is 2.86 bits per heavy atom. The maximum atomic E-state index is 12.1. The highest BCUT2D eigenvalue weighted by Crippen LogP contribution is 2.19. The van der Waals surface area contributed by atoms with Gasteiger partial charge >= 0.3 is 0 Å². The molecule has 2 aromatic rings. The zero-order valence-corrected chi connectivity index (χ0v) is 13.8. The summed E-state index contributed by atoms with van der Waals surface area (Å²) in [4.78, 5) is 13.9. The Morgan fingerprint density at radius 2 is 2.19 bits per heavy atom. The number of rotatable bonds is 5. The lowest BCUT2D eigenvalue weighted by Crippen LogP contribution is -2.30. The van der Waals surface area contributed by atoms with Gasteiger partial charge in [-0.05, 0) is 38.1 Å². The molecule has 0 aliphatic heterocycles. The second-order valence-electron chi connectivity index (χ2n) is 4.96. The van der Waals surface area contributed by atoms with Crippen LogP contribution >= 0.6 is 23.1 Å². The summed E-state index contributed by atoms with van der Waals surface area (Å²) in [5.41, 5.74) is 3.78. The lowest BCUT2D eigenvalue weighted by Gasteiger charge is -2.16. The summed E-state index contributed by atoms with van der Waals surface area (Å²) < 4.78 is 4.34. The van der Waals surface area contributed by atoms with Crippen molar-refractivity contribution >= 4 is 34.7 Å². The van der Waals surface area contributed by atoms with Crippen LogP contribution in [0, 0.1) is 13.8 Å². The van der Waals surface area contributed by atoms with Gasteiger partial charge in [-0.1, -0.05) is 28.2 Å². The van der Waals surface area contributed by atoms with Crippen molar-refractivity contribution in [2.24, 2.45) is 0 Å². The number of aromatic nitrogens is 2. The first-order chi connectivity index (χ1) is 9.97. The molecule has 7 heteroatoms. The van der Waals surface area contributed by atoms with Gasteiger partial charge in [-0.3, -0.25) is 9.69 Å². The number of anilines is 1. The number of carbonyl (C=O) groups excluding carboxylic acids is 1. The van der Waals surface area contributed by atoms with Gasteiger partial charge in [0, 0.05) is 23.8 Å². The molecule has 0 aliphatic carbocycles. The average molecular weight is 325 g/mol. The summed E-state index contributed by atoms with van der Waals surface area (Å²) in [6.45, 7) is 4.78. The quantitative estimate of drug-likeness (QED) is 0.918. The van der Waals surface area contributed by atoms with Crippen molar-refractivity contribution in [2.45, 2.75) is 20.4 Å². The molecule has 21 heavy (non-hydrogen) atoms. The highest BCUT2D eigenvalue weighted by molar-refractivity contribution is 7.10. The van der Waals surface area contributed by atoms with E-state index in [1.165, 1.54) is 0 Å². The number of benzene rings is 1. The summed E-state index contributed by atoms with van der Waals surface area (Å²) >= 11 is 7.10. The minimum absolute atomic E-state index is 0.0643. The first kappa shape index (κ1) is 15.9. The molecule has 2 rings (SSSR count). The van der Waals surface area contributed by atoms with E-state index in [0.29, 0.717) is 16.6 Å². The monoisotopic (exact) mass is 324 g/mol. The molecule has 0 saturated heterocycles. The molecule has 5 nitrogen and oxygen atoms in total. The molecule has 1 amide bonds. The average Bonchev–Trinajstić information content (AvgIpc) is 2.80. The first-order valence-electron chi connectivity index (χ1n) is 6.48. The van der Waals surface area contributed by atoms with E-state index >= 15 is 0 Å². The van der Waals surface area contributed by atoms with Gasteiger partial charge in [0.1, 0.15) is 10.0 Å². The molecule has 0 unspecified atom stereocenters. The summed E-state index contributed by atoms with van der Waals surface area (Å²) in [5.74, 6) is -0.0643. The molecule has 0 saturated carbocycles. The number of nitrogens with zero attached hydrogens (tertiary/aromatic N) is 3. The maximum absolute atomic E-state index is 12.1. The van der Waals surface area contributed by atoms with Crippen LogP contribution in [0.3, 0.4) is 0 Å². The molecule has 0 radical (unpaired) electrons. The fourth-order valence-corrected chi connectivity index (χ4v) is 2.54. The molecule has 0 atom stereocenters. The van der Waals surface area contributed by atoms with Gasteiger partial charge in [0.15, 0.2) is 0 Å². The molecule has 0 spiro atoms. The fraction of sp³-hybridized carbons (Fsp3) is 0.357. The van der Waals surface area contributed by atoms with Crippen LogP contribution < -0.4 is 5.32 Å². The third-order valence-electron chi connectivity index (χ3n) is 3.22. The minimum Gasteiger partial charge on any atom is -0.325 e. The van der Waals surface area contributed by atoms with E-state index in [0.717, 1.165) is 28.3 Å². The smallest absolute Gasteiger partial charge is 0.238 e. The predicted octanol–water partition coefficient (Wildman–Crippen LogP) is 2.88. The normalized spacial score (nSPS) is 10.9. The van der Waals surface area contributed by atoms with Crippen molar-refractivity contribution < 1.29 is 4.79 Å². The van der Waals surface area contributed by atoms with Gasteiger partial charge in [-0.2, -0.15) is 0 Å². The second-order valence-corrected chi connectivity index (χ2v) is 6.32. The number of hydrogen-bond acceptors (Lipinski definition) is 5. The lowest BCUT2D eigenvalue weighted by atomic mass is 10.1. The second kappa shape index (κ2) is 6.98. The Kier molecular flexibility index (Phi) is 5.27. The number of amides is 1. The number of carbonyl (C=O) groups is 1. The molecule has 1 N–H and O–H groups in total. The van der Waals surface area contributed by atoms with Crippen LogP contribution in [0.2, 0.25) is 4.34 Å². The van der Waals surface area contributed by atoms with Crippen LogP contribution in [0.25, 0.3) is 0 Å². The van der Waals surface area contributed by atoms with Gasteiger partial charge in [0.05, 0.1) is 6.54 Å². The Hall–Kier alpha value is -1.50. The summed E-state index contributed by atoms with van der Waals surface area (Å²) in [5, 5.41) is 6.87. The van der Waals surface area contributed by atoms with Crippen LogP contribution in [-0.2, 0) is 11.3 Å². The summed E-state index contributed by atoms with van der Waals surface area (Å²) in [6.07, 6.45) is 0. The van der Waals surface area contributed by atoms with E-state index < -0.39 is 0 Å². The highest BCUT2D eigenvalue weighted by atomic mass is 35.5. The van der Waals surface area contributed by atoms with Gasteiger partial charge in [-0.25, -0.2) is 0 Å². The number of nitrogens with one attached hydrogen (secondary N) is 1. The number of hydrogen-bond donors (Lipinski definition) is 1. The number of halogens is 1. The Labute approximate surface area is 133 Å². The molecule has 1 heterocycles. The highest BCUT2D eigenvalue weighted by Gasteiger charge is 2.12. The Morgan fingerprint density at radius 1 is 1.43 bits per heavy atom. The molecule has 0 aliphatic rings. The molecular formula is C14H17ClN4OS. The van der Waals surface area contributed by atoms with Crippen molar-refractivity contribution in [1.82, 2.24) is 14.5 Å². The molecule has 1 aromatic heterocycles. The standard InChI is InChI=1S/C14H17ClN4OS/c1-9-5-4-6-11(10(9)2)16-13(20)8-19(3)7-12-14(15)21-18-17-12/h4-6H,7-8H2,1-3H3,(H,16,20). The van der Waals surface area contributed by atoms with E-state index in [1.54, 1.807) is 0 Å². The molecule has 112 valence electrons. The molecule has 0 bridgehead atoms. The predicted molar refractivity (Wildman–Crippen MR) is 85.8 cm³/mol. The minimum atomic E-state index is -0.0643. The van der Waals surface area contributed by atoms with Crippen molar-refractivity contribution in [3.63, 3.8) is 0 Å². The van der Waals surface area contributed by atoms with Crippen LogP contribution in [-0.4, -0.2) is 34.0 Å². The summed E-state index contributed by atoms with van der Waals surface area (Å²) in [6, 6.07) is 5.86. The Balaban J connectivity index is 1.92. The number of likely N-dealkylation sites (N-methyl/N-ethyl adjacent to an activating group) is 1. The third-order valence-corrected chi connectivity index (χ3v) is 4.21. The molecule has 1 aromatic carbocycles. The lowest BCUT2D eigenvalue weighted by molar-refractivity contribution is -0.117. The maximum Gasteiger partial charge on any atom is 0.238 e. The van der Waals surface area contributed by atoms with E-state index in [2.05, 4.69) is 14.9 Å². The van der Waals surface area contributed by atoms with Gasteiger partial charge < -0.3 is 5.32 Å². The molecular weight excluding hydrogens is 308 g/mol. The third kappa shape index (κ3) is 4.23. The van der Waals surface area contributed by atoms with E-state index in [1.807, 2.05) is 44.0 Å². The van der Waals surface area contributed by atoms with E-state index in [4.69, 9.17) is 11.6 Å². The topological polar surface area (TPSA) is 58.1 Å². The van der Waals surface area contributed by atoms with Crippen molar-refractivity contribution in [1.29, 1.82) is 0 Å². The summed E-state index contributed by atoms with van der Waals surface area (Å²) in [7, 11) is 1.85. The van der Waals surface area contributed by atoms with Gasteiger partial charge in [0.2, 0.25) is 5.91 Å². The van der Waals surface area contributed by atoms with E-state index in [9.17, 15) is 4.79 Å². The van der Waals surface area contributed by atoms with Gasteiger partial charge in [0.25, 0.3) is 0 Å². The van der Waals surface area contributed by atoms with Crippen molar-refractivity contribution in [3.05, 3.63) is 39.4 Å². The first-order valence-corrected chi connectivity index (χ1v) is 7.64. The van der Waals surface area contributed by atoms with Crippen LogP contribution in [0.15, 0.2) is 18.2 Å². The van der Waals surface area contributed by atoms with Crippen LogP contribution in [0.5, 0.6) is 0 Å².